The van der Waals surface area contributed by atoms with E-state index in [1.165, 1.54) is 11.3 Å². The Bertz CT molecular complexity index is 597. The van der Waals surface area contributed by atoms with Gasteiger partial charge in [-0.25, -0.2) is 4.79 Å². The van der Waals surface area contributed by atoms with Crippen LogP contribution in [0.5, 0.6) is 0 Å². The van der Waals surface area contributed by atoms with E-state index in [0.717, 1.165) is 10.6 Å². The van der Waals surface area contributed by atoms with Gasteiger partial charge in [-0.2, -0.15) is 5.10 Å². The molecule has 0 saturated carbocycles. The van der Waals surface area contributed by atoms with E-state index in [-0.39, 0.29) is 11.4 Å². The van der Waals surface area contributed by atoms with Crippen LogP contribution in [0.1, 0.15) is 31.3 Å². The molecule has 2 amide bonds. The molecule has 0 atom stereocenters. The summed E-state index contributed by atoms with van der Waals surface area (Å²) in [6.07, 6.45) is 3.56. The first-order valence-corrected chi connectivity index (χ1v) is 7.02. The van der Waals surface area contributed by atoms with Gasteiger partial charge in [-0.3, -0.25) is 10.00 Å². The maximum absolute atomic E-state index is 11.7. The van der Waals surface area contributed by atoms with E-state index >= 15 is 0 Å². The molecule has 0 bridgehead atoms. The number of hydrogen-bond donors (Lipinski definition) is 2. The molecular weight excluding hydrogens is 276 g/mol. The molecule has 0 radical (unpaired) electrons. The van der Waals surface area contributed by atoms with Crippen LogP contribution in [0.25, 0.3) is 0 Å². The van der Waals surface area contributed by atoms with Crippen LogP contribution >= 0.6 is 11.3 Å². The van der Waals surface area contributed by atoms with Crippen molar-refractivity contribution >= 4 is 22.5 Å². The minimum absolute atomic E-state index is 0.0657. The molecule has 0 spiro atoms. The fraction of sp³-hybridized carbons (Fsp3) is 0.500. The quantitative estimate of drug-likeness (QED) is 0.905. The molecule has 2 rings (SSSR count). The van der Waals surface area contributed by atoms with Crippen LogP contribution in [-0.2, 0) is 19.0 Å². The number of carbonyl (C=O) groups is 1. The standard InChI is InChI=1S/C12H18N6OS/c1-12(2,3)9-16-17-11(20-9)15-10(19)13-5-8-6-14-18(4)7-8/h6-7H,5H2,1-4H3,(H2,13,15,17,19). The van der Waals surface area contributed by atoms with Crippen LogP contribution in [0.3, 0.4) is 0 Å². The minimum atomic E-state index is -0.300. The van der Waals surface area contributed by atoms with Gasteiger partial charge in [-0.05, 0) is 0 Å². The molecule has 0 aliphatic rings. The molecule has 7 nitrogen and oxygen atoms in total. The molecule has 20 heavy (non-hydrogen) atoms. The van der Waals surface area contributed by atoms with Gasteiger partial charge in [0.1, 0.15) is 5.01 Å². The minimum Gasteiger partial charge on any atom is -0.334 e. The number of urea groups is 1. The van der Waals surface area contributed by atoms with E-state index < -0.39 is 0 Å². The topological polar surface area (TPSA) is 84.7 Å². The number of rotatable bonds is 3. The van der Waals surface area contributed by atoms with Gasteiger partial charge in [0.25, 0.3) is 0 Å². The summed E-state index contributed by atoms with van der Waals surface area (Å²) in [5.41, 5.74) is 0.874. The fourth-order valence-corrected chi connectivity index (χ4v) is 2.26. The van der Waals surface area contributed by atoms with Crippen molar-refractivity contribution in [2.75, 3.05) is 5.32 Å². The maximum Gasteiger partial charge on any atom is 0.321 e. The molecule has 8 heteroatoms. The molecule has 0 aliphatic heterocycles. The van der Waals surface area contributed by atoms with Crippen LogP contribution in [0.2, 0.25) is 0 Å². The van der Waals surface area contributed by atoms with Crippen molar-refractivity contribution in [1.82, 2.24) is 25.3 Å². The van der Waals surface area contributed by atoms with E-state index in [4.69, 9.17) is 0 Å². The van der Waals surface area contributed by atoms with E-state index in [9.17, 15) is 4.79 Å². The number of nitrogens with zero attached hydrogens (tertiary/aromatic N) is 4. The summed E-state index contributed by atoms with van der Waals surface area (Å²) in [7, 11) is 1.83. The maximum atomic E-state index is 11.7. The molecule has 0 aliphatic carbocycles. The average Bonchev–Trinajstić information content (AvgIpc) is 2.95. The summed E-state index contributed by atoms with van der Waals surface area (Å²) in [5.74, 6) is 0. The molecule has 0 aromatic carbocycles. The average molecular weight is 294 g/mol. The Hall–Kier alpha value is -1.96. The summed E-state index contributed by atoms with van der Waals surface area (Å²) in [4.78, 5) is 11.7. The molecule has 0 saturated heterocycles. The zero-order valence-electron chi connectivity index (χ0n) is 12.0. The molecule has 108 valence electrons. The number of aryl methyl sites for hydroxylation is 1. The summed E-state index contributed by atoms with van der Waals surface area (Å²) in [6, 6.07) is -0.300. The van der Waals surface area contributed by atoms with E-state index in [1.807, 2.05) is 13.2 Å². The van der Waals surface area contributed by atoms with Crippen LogP contribution in [-0.4, -0.2) is 26.0 Å². The second-order valence-corrected chi connectivity index (χ2v) is 6.47. The van der Waals surface area contributed by atoms with Crippen molar-refractivity contribution in [2.45, 2.75) is 32.7 Å². The lowest BCUT2D eigenvalue weighted by atomic mass is 9.98. The van der Waals surface area contributed by atoms with Gasteiger partial charge in [0.15, 0.2) is 0 Å². The van der Waals surface area contributed by atoms with Crippen LogP contribution < -0.4 is 10.6 Å². The fourth-order valence-electron chi connectivity index (χ4n) is 1.46. The highest BCUT2D eigenvalue weighted by atomic mass is 32.1. The lowest BCUT2D eigenvalue weighted by molar-refractivity contribution is 0.251. The molecule has 2 N–H and O–H groups in total. The van der Waals surface area contributed by atoms with Gasteiger partial charge in [-0.1, -0.05) is 32.1 Å². The third kappa shape index (κ3) is 3.77. The summed E-state index contributed by atoms with van der Waals surface area (Å²) in [6.45, 7) is 6.59. The first kappa shape index (κ1) is 14.4. The normalized spacial score (nSPS) is 11.4. The first-order valence-electron chi connectivity index (χ1n) is 6.21. The molecule has 2 aromatic rings. The Morgan fingerprint density at radius 3 is 2.70 bits per heavy atom. The zero-order chi connectivity index (χ0) is 14.8. The summed E-state index contributed by atoms with van der Waals surface area (Å²) < 4.78 is 1.69. The Kier molecular flexibility index (Phi) is 4.03. The number of aromatic nitrogens is 4. The first-order chi connectivity index (χ1) is 9.34. The predicted molar refractivity (Wildman–Crippen MR) is 77.7 cm³/mol. The van der Waals surface area contributed by atoms with Crippen molar-refractivity contribution in [3.05, 3.63) is 23.0 Å². The molecule has 2 heterocycles. The van der Waals surface area contributed by atoms with Crippen LogP contribution in [0, 0.1) is 0 Å². The van der Waals surface area contributed by atoms with Crippen molar-refractivity contribution in [3.8, 4) is 0 Å². The van der Waals surface area contributed by atoms with Gasteiger partial charge in [0.2, 0.25) is 5.13 Å². The van der Waals surface area contributed by atoms with E-state index in [0.29, 0.717) is 11.7 Å². The Morgan fingerprint density at radius 2 is 2.15 bits per heavy atom. The summed E-state index contributed by atoms with van der Waals surface area (Å²) in [5, 5.41) is 18.9. The van der Waals surface area contributed by atoms with Crippen molar-refractivity contribution < 1.29 is 4.79 Å². The lowest BCUT2D eigenvalue weighted by Gasteiger charge is -2.12. The predicted octanol–water partition coefficient (Wildman–Crippen LogP) is 1.89. The van der Waals surface area contributed by atoms with Crippen molar-refractivity contribution in [2.24, 2.45) is 7.05 Å². The van der Waals surface area contributed by atoms with Gasteiger partial charge < -0.3 is 5.32 Å². The zero-order valence-corrected chi connectivity index (χ0v) is 12.8. The number of nitrogens with one attached hydrogen (secondary N) is 2. The number of amides is 2. The number of hydrogen-bond acceptors (Lipinski definition) is 5. The highest BCUT2D eigenvalue weighted by molar-refractivity contribution is 7.15. The Balaban J connectivity index is 1.87. The molecule has 0 unspecified atom stereocenters. The third-order valence-electron chi connectivity index (χ3n) is 2.50. The monoisotopic (exact) mass is 294 g/mol. The molecule has 2 aromatic heterocycles. The van der Waals surface area contributed by atoms with E-state index in [1.54, 1.807) is 10.9 Å². The second kappa shape index (κ2) is 5.58. The highest BCUT2D eigenvalue weighted by Gasteiger charge is 2.19. The largest absolute Gasteiger partial charge is 0.334 e. The Labute approximate surface area is 121 Å². The highest BCUT2D eigenvalue weighted by Crippen LogP contribution is 2.27. The molecular formula is C12H18N6OS. The third-order valence-corrected chi connectivity index (χ3v) is 3.76. The van der Waals surface area contributed by atoms with Crippen LogP contribution in [0.4, 0.5) is 9.93 Å². The lowest BCUT2D eigenvalue weighted by Crippen LogP contribution is -2.28. The Morgan fingerprint density at radius 1 is 1.40 bits per heavy atom. The smallest absolute Gasteiger partial charge is 0.321 e. The van der Waals surface area contributed by atoms with Gasteiger partial charge in [0, 0.05) is 30.8 Å². The van der Waals surface area contributed by atoms with Gasteiger partial charge in [-0.15, -0.1) is 10.2 Å². The van der Waals surface area contributed by atoms with Crippen molar-refractivity contribution in [3.63, 3.8) is 0 Å². The van der Waals surface area contributed by atoms with Gasteiger partial charge >= 0.3 is 6.03 Å². The number of carbonyl (C=O) groups excluding carboxylic acids is 1. The summed E-state index contributed by atoms with van der Waals surface area (Å²) >= 11 is 1.38. The van der Waals surface area contributed by atoms with Gasteiger partial charge in [0.05, 0.1) is 6.20 Å². The second-order valence-electron chi connectivity index (χ2n) is 5.49. The molecule has 0 fully saturated rings. The van der Waals surface area contributed by atoms with Crippen molar-refractivity contribution in [1.29, 1.82) is 0 Å². The number of anilines is 1. The van der Waals surface area contributed by atoms with Crippen LogP contribution in [0.15, 0.2) is 12.4 Å². The van der Waals surface area contributed by atoms with E-state index in [2.05, 4.69) is 46.7 Å². The SMILES string of the molecule is Cn1cc(CNC(=O)Nc2nnc(C(C)(C)C)s2)cn1.